The molecule has 0 aliphatic carbocycles. The smallest absolute Gasteiger partial charge is 0.162 e. The number of anilines is 1. The number of aromatic nitrogens is 5. The van der Waals surface area contributed by atoms with Gasteiger partial charge in [0.15, 0.2) is 6.33 Å². The Hall–Kier alpha value is -1.98. The minimum Gasteiger partial charge on any atom is -0.384 e. The lowest BCUT2D eigenvalue weighted by Gasteiger charge is -1.99. The first-order valence-corrected chi connectivity index (χ1v) is 3.76. The zero-order chi connectivity index (χ0) is 9.10. The molecular formula is C7H8N6. The van der Waals surface area contributed by atoms with E-state index in [0.717, 1.165) is 5.56 Å². The lowest BCUT2D eigenvalue weighted by molar-refractivity contribution is 0.572. The summed E-state index contributed by atoms with van der Waals surface area (Å²) in [5, 5.41) is 11.2. The van der Waals surface area contributed by atoms with Gasteiger partial charge in [-0.05, 0) is 22.9 Å². The van der Waals surface area contributed by atoms with Crippen LogP contribution < -0.4 is 5.73 Å². The Balaban J connectivity index is 2.19. The topological polar surface area (TPSA) is 82.5 Å². The van der Waals surface area contributed by atoms with E-state index in [9.17, 15) is 0 Å². The Morgan fingerprint density at radius 2 is 2.38 bits per heavy atom. The van der Waals surface area contributed by atoms with E-state index < -0.39 is 0 Å². The Morgan fingerprint density at radius 1 is 1.46 bits per heavy atom. The second-order valence-electron chi connectivity index (χ2n) is 2.56. The summed E-state index contributed by atoms with van der Waals surface area (Å²) in [4.78, 5) is 5.36. The van der Waals surface area contributed by atoms with E-state index in [-0.39, 0.29) is 0 Å². The highest BCUT2D eigenvalue weighted by Crippen LogP contribution is 2.03. The molecule has 13 heavy (non-hydrogen) atoms. The average Bonchev–Trinajstić information content (AvgIpc) is 2.57. The number of hydrogen-bond acceptors (Lipinski definition) is 5. The van der Waals surface area contributed by atoms with E-state index in [1.54, 1.807) is 12.3 Å². The molecule has 0 aliphatic heterocycles. The molecule has 0 radical (unpaired) electrons. The van der Waals surface area contributed by atoms with E-state index in [1.165, 1.54) is 11.1 Å². The number of nitrogens with two attached hydrogens (primary N) is 1. The van der Waals surface area contributed by atoms with Gasteiger partial charge in [-0.2, -0.15) is 4.80 Å². The summed E-state index contributed by atoms with van der Waals surface area (Å²) in [6.45, 7) is 0.562. The van der Waals surface area contributed by atoms with Gasteiger partial charge in [0, 0.05) is 6.20 Å². The fraction of sp³-hybridized carbons (Fsp3) is 0.143. The third-order valence-corrected chi connectivity index (χ3v) is 1.56. The fourth-order valence-corrected chi connectivity index (χ4v) is 1.02. The van der Waals surface area contributed by atoms with Crippen molar-refractivity contribution in [2.24, 2.45) is 0 Å². The lowest BCUT2D eigenvalue weighted by atomic mass is 10.2. The van der Waals surface area contributed by atoms with Gasteiger partial charge in [0.25, 0.3) is 0 Å². The van der Waals surface area contributed by atoms with Crippen molar-refractivity contribution in [3.63, 3.8) is 0 Å². The molecule has 0 saturated carbocycles. The van der Waals surface area contributed by atoms with E-state index in [0.29, 0.717) is 12.4 Å². The van der Waals surface area contributed by atoms with Crippen molar-refractivity contribution in [2.75, 3.05) is 5.73 Å². The van der Waals surface area contributed by atoms with Crippen LogP contribution >= 0.6 is 0 Å². The van der Waals surface area contributed by atoms with Gasteiger partial charge in [-0.1, -0.05) is 0 Å². The Kier molecular flexibility index (Phi) is 1.87. The zero-order valence-corrected chi connectivity index (χ0v) is 6.83. The summed E-state index contributed by atoms with van der Waals surface area (Å²) in [6.07, 6.45) is 3.05. The first kappa shape index (κ1) is 7.66. The Bertz CT molecular complexity index is 382. The number of hydrogen-bond donors (Lipinski definition) is 1. The maximum Gasteiger partial charge on any atom is 0.162 e. The van der Waals surface area contributed by atoms with Gasteiger partial charge in [0.05, 0.1) is 6.54 Å². The monoisotopic (exact) mass is 176 g/mol. The van der Waals surface area contributed by atoms with Crippen LogP contribution in [0.4, 0.5) is 5.82 Å². The molecule has 0 unspecified atom stereocenters. The van der Waals surface area contributed by atoms with Gasteiger partial charge in [-0.3, -0.25) is 0 Å². The normalized spacial score (nSPS) is 10.2. The molecular weight excluding hydrogens is 168 g/mol. The number of nitrogens with zero attached hydrogens (tertiary/aromatic N) is 5. The molecule has 66 valence electrons. The second-order valence-corrected chi connectivity index (χ2v) is 2.56. The molecule has 6 nitrogen and oxygen atoms in total. The van der Waals surface area contributed by atoms with Gasteiger partial charge in [-0.25, -0.2) is 4.98 Å². The van der Waals surface area contributed by atoms with Gasteiger partial charge < -0.3 is 5.73 Å². The van der Waals surface area contributed by atoms with Crippen molar-refractivity contribution in [1.29, 1.82) is 0 Å². The van der Waals surface area contributed by atoms with Crippen molar-refractivity contribution < 1.29 is 0 Å². The van der Waals surface area contributed by atoms with Crippen LogP contribution in [0.15, 0.2) is 24.7 Å². The maximum atomic E-state index is 5.51. The molecule has 6 heteroatoms. The minimum atomic E-state index is 0.498. The molecule has 2 N–H and O–H groups in total. The van der Waals surface area contributed by atoms with Gasteiger partial charge in [-0.15, -0.1) is 10.2 Å². The number of rotatable bonds is 2. The first-order valence-electron chi connectivity index (χ1n) is 3.76. The highest BCUT2D eigenvalue weighted by atomic mass is 15.6. The average molecular weight is 176 g/mol. The van der Waals surface area contributed by atoms with Crippen LogP contribution in [0, 0.1) is 0 Å². The van der Waals surface area contributed by atoms with E-state index >= 15 is 0 Å². The van der Waals surface area contributed by atoms with E-state index in [4.69, 9.17) is 5.73 Å². The highest BCUT2D eigenvalue weighted by Gasteiger charge is 1.96. The molecule has 2 rings (SSSR count). The van der Waals surface area contributed by atoms with Crippen molar-refractivity contribution >= 4 is 5.82 Å². The van der Waals surface area contributed by atoms with E-state index in [1.807, 2.05) is 6.07 Å². The van der Waals surface area contributed by atoms with Gasteiger partial charge in [0.1, 0.15) is 5.82 Å². The quantitative estimate of drug-likeness (QED) is 0.679. The van der Waals surface area contributed by atoms with Crippen LogP contribution in [0.3, 0.4) is 0 Å². The molecule has 0 atom stereocenters. The third-order valence-electron chi connectivity index (χ3n) is 1.56. The summed E-state index contributed by atoms with van der Waals surface area (Å²) < 4.78 is 0. The predicted molar refractivity (Wildman–Crippen MR) is 45.6 cm³/mol. The number of pyridine rings is 1. The van der Waals surface area contributed by atoms with E-state index in [2.05, 4.69) is 20.4 Å². The van der Waals surface area contributed by atoms with Crippen LogP contribution in [-0.2, 0) is 6.54 Å². The van der Waals surface area contributed by atoms with Gasteiger partial charge in [0.2, 0.25) is 0 Å². The second kappa shape index (κ2) is 3.18. The van der Waals surface area contributed by atoms with Crippen LogP contribution in [0.2, 0.25) is 0 Å². The molecule has 0 fully saturated rings. The van der Waals surface area contributed by atoms with Crippen LogP contribution in [-0.4, -0.2) is 25.2 Å². The number of nitrogen functional groups attached to an aromatic ring is 1. The molecule has 0 aliphatic rings. The summed E-state index contributed by atoms with van der Waals surface area (Å²) in [5.74, 6) is 0.498. The fourth-order valence-electron chi connectivity index (χ4n) is 1.02. The molecule has 0 spiro atoms. The lowest BCUT2D eigenvalue weighted by Crippen LogP contribution is -2.04. The molecule has 2 heterocycles. The molecule has 0 bridgehead atoms. The molecule has 0 amide bonds. The molecule has 0 aromatic carbocycles. The standard InChI is InChI=1S/C7H8N6/c8-7-3-6(1-2-9-7)4-13-11-5-10-12-13/h1-3,5H,4H2,(H2,8,9). The van der Waals surface area contributed by atoms with Crippen molar-refractivity contribution in [2.45, 2.75) is 6.54 Å². The Labute approximate surface area is 74.4 Å². The van der Waals surface area contributed by atoms with Crippen LogP contribution in [0.5, 0.6) is 0 Å². The van der Waals surface area contributed by atoms with Crippen LogP contribution in [0.25, 0.3) is 0 Å². The summed E-state index contributed by atoms with van der Waals surface area (Å²) in [7, 11) is 0. The summed E-state index contributed by atoms with van der Waals surface area (Å²) >= 11 is 0. The van der Waals surface area contributed by atoms with Crippen molar-refractivity contribution in [1.82, 2.24) is 25.2 Å². The minimum absolute atomic E-state index is 0.498. The highest BCUT2D eigenvalue weighted by molar-refractivity contribution is 5.31. The largest absolute Gasteiger partial charge is 0.384 e. The van der Waals surface area contributed by atoms with Crippen molar-refractivity contribution in [3.05, 3.63) is 30.2 Å². The summed E-state index contributed by atoms with van der Waals surface area (Å²) in [5.41, 5.74) is 6.52. The molecule has 2 aromatic rings. The van der Waals surface area contributed by atoms with Gasteiger partial charge >= 0.3 is 0 Å². The SMILES string of the molecule is Nc1cc(Cn2ncnn2)ccn1. The summed E-state index contributed by atoms with van der Waals surface area (Å²) in [6, 6.07) is 3.64. The number of tetrazole rings is 1. The van der Waals surface area contributed by atoms with Crippen molar-refractivity contribution in [3.8, 4) is 0 Å². The molecule has 0 saturated heterocycles. The predicted octanol–water partition coefficient (Wildman–Crippen LogP) is -0.301. The van der Waals surface area contributed by atoms with Crippen LogP contribution in [0.1, 0.15) is 5.56 Å². The molecule has 2 aromatic heterocycles. The third kappa shape index (κ3) is 1.78. The first-order chi connectivity index (χ1) is 6.34. The zero-order valence-electron chi connectivity index (χ0n) is 6.83. The Morgan fingerprint density at radius 3 is 3.08 bits per heavy atom. The maximum absolute atomic E-state index is 5.51.